The molecule has 0 atom stereocenters. The normalized spacial score (nSPS) is 16.9. The predicted octanol–water partition coefficient (Wildman–Crippen LogP) is 1.61. The van der Waals surface area contributed by atoms with E-state index in [0.29, 0.717) is 37.3 Å². The number of carbonyl (C=O) groups is 1. The van der Waals surface area contributed by atoms with Crippen LogP contribution in [-0.4, -0.2) is 38.0 Å². The fraction of sp³-hybridized carbons (Fsp3) is 0.462. The Morgan fingerprint density at radius 2 is 2.00 bits per heavy atom. The monoisotopic (exact) mass is 299 g/mol. The second-order valence-corrected chi connectivity index (χ2v) is 6.75. The van der Waals surface area contributed by atoms with Gasteiger partial charge in [0, 0.05) is 13.2 Å². The zero-order chi connectivity index (χ0) is 14.8. The van der Waals surface area contributed by atoms with Gasteiger partial charge in [0.2, 0.25) is 10.0 Å². The Labute approximate surface area is 117 Å². The number of aryl methyl sites for hydroxylation is 1. The van der Waals surface area contributed by atoms with Crippen LogP contribution in [0.1, 0.15) is 28.8 Å². The third kappa shape index (κ3) is 3.29. The quantitative estimate of drug-likeness (QED) is 0.881. The van der Waals surface area contributed by atoms with Gasteiger partial charge in [-0.3, -0.25) is 4.72 Å². The van der Waals surface area contributed by atoms with Gasteiger partial charge in [-0.2, -0.15) is 0 Å². The number of rotatable bonds is 4. The van der Waals surface area contributed by atoms with Gasteiger partial charge in [0.05, 0.1) is 16.5 Å². The number of hydrogen-bond acceptors (Lipinski definition) is 4. The van der Waals surface area contributed by atoms with Crippen LogP contribution in [-0.2, 0) is 14.8 Å². The van der Waals surface area contributed by atoms with Crippen molar-refractivity contribution in [2.45, 2.75) is 25.0 Å². The van der Waals surface area contributed by atoms with E-state index >= 15 is 0 Å². The van der Waals surface area contributed by atoms with E-state index in [9.17, 15) is 13.2 Å². The Bertz CT molecular complexity index is 605. The molecule has 0 aromatic heterocycles. The summed E-state index contributed by atoms with van der Waals surface area (Å²) >= 11 is 0. The summed E-state index contributed by atoms with van der Waals surface area (Å²) in [5.74, 6) is -1.09. The molecule has 1 heterocycles. The minimum absolute atomic E-state index is 0.0558. The van der Waals surface area contributed by atoms with Crippen LogP contribution < -0.4 is 4.72 Å². The average molecular weight is 299 g/mol. The molecule has 0 radical (unpaired) electrons. The smallest absolute Gasteiger partial charge is 0.335 e. The number of benzene rings is 1. The van der Waals surface area contributed by atoms with E-state index in [-0.39, 0.29) is 5.56 Å². The zero-order valence-electron chi connectivity index (χ0n) is 11.1. The van der Waals surface area contributed by atoms with Gasteiger partial charge in [-0.05, 0) is 37.5 Å². The first-order chi connectivity index (χ1) is 9.40. The van der Waals surface area contributed by atoms with Gasteiger partial charge >= 0.3 is 5.97 Å². The van der Waals surface area contributed by atoms with Gasteiger partial charge < -0.3 is 9.84 Å². The van der Waals surface area contributed by atoms with Crippen LogP contribution in [0, 0.1) is 6.92 Å². The largest absolute Gasteiger partial charge is 0.478 e. The van der Waals surface area contributed by atoms with E-state index in [0.717, 1.165) is 0 Å². The number of hydrogen-bond donors (Lipinski definition) is 2. The van der Waals surface area contributed by atoms with E-state index in [1.54, 1.807) is 13.0 Å². The van der Waals surface area contributed by atoms with Gasteiger partial charge in [-0.1, -0.05) is 6.07 Å². The molecule has 2 N–H and O–H groups in total. The molecule has 1 aromatic carbocycles. The maximum absolute atomic E-state index is 12.3. The third-order valence-electron chi connectivity index (χ3n) is 3.34. The lowest BCUT2D eigenvalue weighted by Crippen LogP contribution is -2.33. The zero-order valence-corrected chi connectivity index (χ0v) is 11.9. The van der Waals surface area contributed by atoms with Gasteiger partial charge in [-0.25, -0.2) is 13.2 Å². The summed E-state index contributed by atoms with van der Waals surface area (Å²) < 4.78 is 32.2. The Morgan fingerprint density at radius 1 is 1.35 bits per heavy atom. The average Bonchev–Trinajstić information content (AvgIpc) is 2.42. The van der Waals surface area contributed by atoms with Crippen molar-refractivity contribution < 1.29 is 23.1 Å². The topological polar surface area (TPSA) is 92.7 Å². The summed E-state index contributed by atoms with van der Waals surface area (Å²) in [5.41, 5.74) is 1.06. The fourth-order valence-corrected chi connectivity index (χ4v) is 3.59. The van der Waals surface area contributed by atoms with Crippen molar-refractivity contribution in [3.63, 3.8) is 0 Å². The summed E-state index contributed by atoms with van der Waals surface area (Å²) in [7, 11) is -3.52. The maximum Gasteiger partial charge on any atom is 0.335 e. The van der Waals surface area contributed by atoms with Gasteiger partial charge in [-0.15, -0.1) is 0 Å². The van der Waals surface area contributed by atoms with Crippen LogP contribution in [0.25, 0.3) is 0 Å². The number of ether oxygens (including phenoxy) is 1. The van der Waals surface area contributed by atoms with Crippen molar-refractivity contribution in [1.29, 1.82) is 0 Å². The second-order valence-electron chi connectivity index (χ2n) is 4.79. The molecule has 7 heteroatoms. The minimum Gasteiger partial charge on any atom is -0.478 e. The van der Waals surface area contributed by atoms with Crippen LogP contribution in [0.4, 0.5) is 5.69 Å². The number of aromatic carboxylic acids is 1. The number of carboxylic acids is 1. The molecular formula is C13H17NO5S. The Hall–Kier alpha value is -1.60. The maximum atomic E-state index is 12.3. The summed E-state index contributed by atoms with van der Waals surface area (Å²) in [4.78, 5) is 10.9. The summed E-state index contributed by atoms with van der Waals surface area (Å²) in [6.45, 7) is 2.59. The predicted molar refractivity (Wildman–Crippen MR) is 74.5 cm³/mol. The standard InChI is InChI=1S/C13H17NO5S/c1-9-2-3-10(13(15)16)8-12(9)14-20(17,18)11-4-6-19-7-5-11/h2-3,8,11,14H,4-7H2,1H3,(H,15,16). The van der Waals surface area contributed by atoms with Crippen molar-refractivity contribution in [1.82, 2.24) is 0 Å². The van der Waals surface area contributed by atoms with Crippen molar-refractivity contribution in [2.75, 3.05) is 17.9 Å². The van der Waals surface area contributed by atoms with E-state index < -0.39 is 21.2 Å². The summed E-state index contributed by atoms with van der Waals surface area (Å²) in [5, 5.41) is 8.46. The third-order valence-corrected chi connectivity index (χ3v) is 5.20. The first-order valence-corrected chi connectivity index (χ1v) is 7.88. The van der Waals surface area contributed by atoms with E-state index in [1.807, 2.05) is 0 Å². The Morgan fingerprint density at radius 3 is 2.60 bits per heavy atom. The van der Waals surface area contributed by atoms with Crippen molar-refractivity contribution in [3.05, 3.63) is 29.3 Å². The molecule has 1 aliphatic heterocycles. The molecule has 2 rings (SSSR count). The van der Waals surface area contributed by atoms with Crippen LogP contribution in [0.3, 0.4) is 0 Å². The first-order valence-electron chi connectivity index (χ1n) is 6.33. The number of sulfonamides is 1. The fourth-order valence-electron chi connectivity index (χ4n) is 2.09. The van der Waals surface area contributed by atoms with Crippen LogP contribution in [0.2, 0.25) is 0 Å². The van der Waals surface area contributed by atoms with E-state index in [1.165, 1.54) is 12.1 Å². The minimum atomic E-state index is -3.52. The van der Waals surface area contributed by atoms with Crippen molar-refractivity contribution in [3.8, 4) is 0 Å². The lowest BCUT2D eigenvalue weighted by molar-refractivity contribution is 0.0697. The molecule has 1 aromatic rings. The summed E-state index contributed by atoms with van der Waals surface area (Å²) in [6, 6.07) is 4.38. The lowest BCUT2D eigenvalue weighted by Gasteiger charge is -2.23. The summed E-state index contributed by atoms with van der Waals surface area (Å²) in [6.07, 6.45) is 0.903. The Kier molecular flexibility index (Phi) is 4.29. The molecule has 1 aliphatic rings. The molecule has 1 fully saturated rings. The highest BCUT2D eigenvalue weighted by Crippen LogP contribution is 2.23. The molecule has 110 valence electrons. The highest BCUT2D eigenvalue weighted by atomic mass is 32.2. The van der Waals surface area contributed by atoms with E-state index in [4.69, 9.17) is 9.84 Å². The van der Waals surface area contributed by atoms with Crippen molar-refractivity contribution >= 4 is 21.7 Å². The molecule has 0 saturated carbocycles. The van der Waals surface area contributed by atoms with Crippen LogP contribution >= 0.6 is 0 Å². The molecule has 20 heavy (non-hydrogen) atoms. The number of nitrogens with one attached hydrogen (secondary N) is 1. The highest BCUT2D eigenvalue weighted by molar-refractivity contribution is 7.93. The second kappa shape index (κ2) is 5.80. The molecule has 1 saturated heterocycles. The SMILES string of the molecule is Cc1ccc(C(=O)O)cc1NS(=O)(=O)C1CCOCC1. The van der Waals surface area contributed by atoms with Gasteiger partial charge in [0.25, 0.3) is 0 Å². The number of carboxylic acid groups (broad SMARTS) is 1. The lowest BCUT2D eigenvalue weighted by atomic mass is 10.1. The molecule has 0 bridgehead atoms. The molecule has 6 nitrogen and oxygen atoms in total. The van der Waals surface area contributed by atoms with Crippen LogP contribution in [0.15, 0.2) is 18.2 Å². The highest BCUT2D eigenvalue weighted by Gasteiger charge is 2.28. The Balaban J connectivity index is 2.24. The van der Waals surface area contributed by atoms with E-state index in [2.05, 4.69) is 4.72 Å². The van der Waals surface area contributed by atoms with Gasteiger partial charge in [0.15, 0.2) is 0 Å². The first kappa shape index (κ1) is 14.8. The molecular weight excluding hydrogens is 282 g/mol. The van der Waals surface area contributed by atoms with Gasteiger partial charge in [0.1, 0.15) is 0 Å². The number of anilines is 1. The van der Waals surface area contributed by atoms with Crippen LogP contribution in [0.5, 0.6) is 0 Å². The molecule has 0 amide bonds. The molecule has 0 aliphatic carbocycles. The molecule has 0 unspecified atom stereocenters. The van der Waals surface area contributed by atoms with Crippen molar-refractivity contribution in [2.24, 2.45) is 0 Å². The molecule has 0 spiro atoms.